The third-order valence-corrected chi connectivity index (χ3v) is 3.78. The summed E-state index contributed by atoms with van der Waals surface area (Å²) in [7, 11) is -0.220. The van der Waals surface area contributed by atoms with E-state index in [2.05, 4.69) is 24.3 Å². The maximum Gasteiger partial charge on any atom is 0.0694 e. The molecule has 1 nitrogen and oxygen atoms in total. The van der Waals surface area contributed by atoms with Gasteiger partial charge in [0.25, 0.3) is 0 Å². The monoisotopic (exact) mass is 198 g/mol. The minimum atomic E-state index is -0.220. The highest BCUT2D eigenvalue weighted by atomic mass is 32.8. The van der Waals surface area contributed by atoms with Gasteiger partial charge in [-0.15, -0.1) is 0 Å². The maximum absolute atomic E-state index is 5.36. The normalized spacial score (nSPS) is 29.0. The minimum Gasteiger partial charge on any atom is -0.312 e. The van der Waals surface area contributed by atoms with Crippen molar-refractivity contribution in [3.05, 3.63) is 35.9 Å². The first-order chi connectivity index (χ1) is 5.86. The highest BCUT2D eigenvalue weighted by molar-refractivity contribution is 8.26. The predicted octanol–water partition coefficient (Wildman–Crippen LogP) is 1.80. The van der Waals surface area contributed by atoms with Crippen molar-refractivity contribution in [1.29, 1.82) is 0 Å². The maximum atomic E-state index is 5.36. The highest BCUT2D eigenvalue weighted by Gasteiger charge is 2.20. The Kier molecular flexibility index (Phi) is 2.54. The van der Waals surface area contributed by atoms with Gasteiger partial charge in [-0.1, -0.05) is 30.3 Å². The first-order valence-electron chi connectivity index (χ1n) is 3.93. The summed E-state index contributed by atoms with van der Waals surface area (Å²) in [5.41, 5.74) is 1.36. The lowest BCUT2D eigenvalue weighted by Crippen LogP contribution is -2.00. The Morgan fingerprint density at radius 3 is 2.67 bits per heavy atom. The average Bonchev–Trinajstić information content (AvgIpc) is 2.54. The summed E-state index contributed by atoms with van der Waals surface area (Å²) >= 11 is 5.08. The Morgan fingerprint density at radius 2 is 2.08 bits per heavy atom. The van der Waals surface area contributed by atoms with Crippen molar-refractivity contribution in [2.75, 3.05) is 12.4 Å². The lowest BCUT2D eigenvalue weighted by Gasteiger charge is -2.04. The Balaban J connectivity index is 2.16. The smallest absolute Gasteiger partial charge is 0.0694 e. The van der Waals surface area contributed by atoms with Crippen LogP contribution in [-0.4, -0.2) is 12.4 Å². The number of rotatable bonds is 1. The molecule has 0 saturated carbocycles. The molecule has 0 aromatic heterocycles. The molecule has 1 fully saturated rings. The molecule has 1 saturated heterocycles. The van der Waals surface area contributed by atoms with Gasteiger partial charge in [0.1, 0.15) is 0 Å². The van der Waals surface area contributed by atoms with Crippen molar-refractivity contribution in [2.24, 2.45) is 0 Å². The molecule has 0 amide bonds. The van der Waals surface area contributed by atoms with E-state index in [0.717, 1.165) is 12.4 Å². The van der Waals surface area contributed by atoms with Gasteiger partial charge in [0, 0.05) is 21.4 Å². The molecule has 2 rings (SSSR count). The summed E-state index contributed by atoms with van der Waals surface area (Å²) in [4.78, 5) is 0. The average molecular weight is 198 g/mol. The molecule has 1 heterocycles. The molecule has 64 valence electrons. The fourth-order valence-electron chi connectivity index (χ4n) is 1.34. The van der Waals surface area contributed by atoms with Crippen LogP contribution in [0.5, 0.6) is 0 Å². The van der Waals surface area contributed by atoms with Gasteiger partial charge in [-0.05, 0) is 16.8 Å². The Bertz CT molecular complexity index is 284. The minimum absolute atomic E-state index is 0.220. The van der Waals surface area contributed by atoms with Crippen molar-refractivity contribution in [3.8, 4) is 0 Å². The third kappa shape index (κ3) is 1.73. The van der Waals surface area contributed by atoms with E-state index in [1.807, 2.05) is 6.07 Å². The van der Waals surface area contributed by atoms with Gasteiger partial charge in [0.2, 0.25) is 0 Å². The molecule has 1 aliphatic heterocycles. The second-order valence-corrected chi connectivity index (χ2v) is 5.15. The predicted molar refractivity (Wildman–Crippen MR) is 54.7 cm³/mol. The third-order valence-electron chi connectivity index (χ3n) is 2.01. The van der Waals surface area contributed by atoms with Crippen LogP contribution in [0.2, 0.25) is 0 Å². The van der Waals surface area contributed by atoms with Crippen molar-refractivity contribution in [2.45, 2.75) is 5.92 Å². The number of hydrogen-bond acceptors (Lipinski definition) is 2. The topological polar surface area (TPSA) is 9.23 Å². The Labute approximate surface area is 79.5 Å². The van der Waals surface area contributed by atoms with Crippen LogP contribution in [0.25, 0.3) is 0 Å². The summed E-state index contributed by atoms with van der Waals surface area (Å²) in [5, 5.41) is 0. The van der Waals surface area contributed by atoms with E-state index in [0.29, 0.717) is 5.92 Å². The van der Waals surface area contributed by atoms with E-state index in [9.17, 15) is 0 Å². The molecule has 0 aliphatic carbocycles. The van der Waals surface area contributed by atoms with E-state index in [4.69, 9.17) is 15.4 Å². The van der Waals surface area contributed by atoms with Gasteiger partial charge in [-0.2, -0.15) is 0 Å². The molecule has 0 N–H and O–H groups in total. The van der Waals surface area contributed by atoms with E-state index in [-0.39, 0.29) is 9.74 Å². The van der Waals surface area contributed by atoms with Crippen LogP contribution in [0.3, 0.4) is 0 Å². The molecule has 3 heteroatoms. The van der Waals surface area contributed by atoms with Crippen LogP contribution in [0, 0.1) is 0 Å². The van der Waals surface area contributed by atoms with Gasteiger partial charge in [-0.25, -0.2) is 0 Å². The molecule has 12 heavy (non-hydrogen) atoms. The Hall–Kier alpha value is -0.250. The van der Waals surface area contributed by atoms with E-state index >= 15 is 0 Å². The van der Waals surface area contributed by atoms with Crippen LogP contribution >= 0.6 is 0 Å². The largest absolute Gasteiger partial charge is 0.312 e. The van der Waals surface area contributed by atoms with Gasteiger partial charge < -0.3 is 4.18 Å². The molecule has 1 aromatic rings. The molecular weight excluding hydrogens is 188 g/mol. The summed E-state index contributed by atoms with van der Waals surface area (Å²) in [6.45, 7) is 0.802. The van der Waals surface area contributed by atoms with Crippen LogP contribution in [0.15, 0.2) is 30.3 Å². The zero-order chi connectivity index (χ0) is 8.39. The lowest BCUT2D eigenvalue weighted by atomic mass is 10.0. The number of hydrogen-bond donors (Lipinski definition) is 0. The lowest BCUT2D eigenvalue weighted by molar-refractivity contribution is 0.378. The molecule has 0 radical (unpaired) electrons. The fourth-order valence-corrected chi connectivity index (χ4v) is 3.03. The molecule has 1 aliphatic rings. The summed E-state index contributed by atoms with van der Waals surface area (Å²) < 4.78 is 5.36. The molecule has 0 bridgehead atoms. The molecule has 1 aromatic carbocycles. The standard InChI is InChI=1S/C9H10OS2/c11-12-7-9(6-10-12)8-4-2-1-3-5-8/h1-5,9H,6-7H2. The second-order valence-electron chi connectivity index (χ2n) is 2.86. The number of benzene rings is 1. The van der Waals surface area contributed by atoms with Gasteiger partial charge in [0.05, 0.1) is 6.61 Å². The van der Waals surface area contributed by atoms with Crippen molar-refractivity contribution < 1.29 is 4.18 Å². The van der Waals surface area contributed by atoms with E-state index in [1.165, 1.54) is 5.56 Å². The van der Waals surface area contributed by atoms with Gasteiger partial charge in [0.15, 0.2) is 0 Å². The van der Waals surface area contributed by atoms with Gasteiger partial charge in [-0.3, -0.25) is 0 Å². The first-order valence-corrected chi connectivity index (χ1v) is 6.17. The molecular formula is C9H10OS2. The first kappa shape index (κ1) is 8.35. The highest BCUT2D eigenvalue weighted by Crippen LogP contribution is 2.23. The fraction of sp³-hybridized carbons (Fsp3) is 0.333. The molecule has 0 spiro atoms. The quantitative estimate of drug-likeness (QED) is 0.680. The van der Waals surface area contributed by atoms with Crippen LogP contribution in [0.4, 0.5) is 0 Å². The van der Waals surface area contributed by atoms with Crippen molar-refractivity contribution in [3.63, 3.8) is 0 Å². The molecule has 2 unspecified atom stereocenters. The second kappa shape index (κ2) is 3.64. The zero-order valence-corrected chi connectivity index (χ0v) is 8.24. The summed E-state index contributed by atoms with van der Waals surface area (Å²) in [5.74, 6) is 1.55. The molecule has 2 atom stereocenters. The van der Waals surface area contributed by atoms with Crippen molar-refractivity contribution >= 4 is 20.9 Å². The van der Waals surface area contributed by atoms with Crippen LogP contribution in [0.1, 0.15) is 11.5 Å². The van der Waals surface area contributed by atoms with E-state index in [1.54, 1.807) is 0 Å². The van der Waals surface area contributed by atoms with E-state index < -0.39 is 0 Å². The summed E-state index contributed by atoms with van der Waals surface area (Å²) in [6, 6.07) is 10.5. The van der Waals surface area contributed by atoms with Crippen molar-refractivity contribution in [1.82, 2.24) is 0 Å². The van der Waals surface area contributed by atoms with Crippen LogP contribution < -0.4 is 0 Å². The Morgan fingerprint density at radius 1 is 1.33 bits per heavy atom. The summed E-state index contributed by atoms with van der Waals surface area (Å²) in [6.07, 6.45) is 0. The van der Waals surface area contributed by atoms with Crippen LogP contribution in [-0.2, 0) is 25.1 Å². The SMILES string of the molecule is S=S1CC(c2ccccc2)CO1. The zero-order valence-electron chi connectivity index (χ0n) is 6.60. The van der Waals surface area contributed by atoms with Gasteiger partial charge >= 0.3 is 0 Å².